The molecular formula is C23H31O3P. The molecule has 0 N–H and O–H groups in total. The predicted molar refractivity (Wildman–Crippen MR) is 112 cm³/mol. The van der Waals surface area contributed by atoms with E-state index >= 15 is 0 Å². The third-order valence-corrected chi connectivity index (χ3v) is 6.56. The van der Waals surface area contributed by atoms with Gasteiger partial charge in [0.1, 0.15) is 17.7 Å². The molecule has 0 fully saturated rings. The molecule has 3 nitrogen and oxygen atoms in total. The molecule has 27 heavy (non-hydrogen) atoms. The molecule has 3 rings (SSSR count). The second kappa shape index (κ2) is 6.41. The van der Waals surface area contributed by atoms with Gasteiger partial charge in [-0.05, 0) is 30.7 Å². The summed E-state index contributed by atoms with van der Waals surface area (Å²) in [6.07, 6.45) is 0.311. The molecule has 1 aliphatic heterocycles. The standard InChI is InChI=1S/C23H31O3P/c1-15-9-10-20-17(11-15)14-27(24,25-20)26-21-18(22(3,4)5)12-16(2)13-19(21)23(6,7)8/h9-13H,14H2,1-8H3. The highest BCUT2D eigenvalue weighted by atomic mass is 31.2. The first-order valence-corrected chi connectivity index (χ1v) is 11.2. The molecule has 0 aliphatic carbocycles. The van der Waals surface area contributed by atoms with E-state index < -0.39 is 7.60 Å². The van der Waals surface area contributed by atoms with Crippen LogP contribution in [0.5, 0.6) is 11.5 Å². The summed E-state index contributed by atoms with van der Waals surface area (Å²) < 4.78 is 25.7. The van der Waals surface area contributed by atoms with Crippen molar-refractivity contribution in [1.29, 1.82) is 0 Å². The number of benzene rings is 2. The third-order valence-electron chi connectivity index (χ3n) is 4.90. The molecular weight excluding hydrogens is 355 g/mol. The van der Waals surface area contributed by atoms with E-state index in [4.69, 9.17) is 9.05 Å². The molecule has 1 heterocycles. The summed E-state index contributed by atoms with van der Waals surface area (Å²) in [7, 11) is -3.30. The quantitative estimate of drug-likeness (QED) is 0.518. The molecule has 0 radical (unpaired) electrons. The molecule has 0 saturated carbocycles. The molecule has 0 bridgehead atoms. The zero-order valence-electron chi connectivity index (χ0n) is 17.8. The van der Waals surface area contributed by atoms with Crippen LogP contribution in [0.3, 0.4) is 0 Å². The Labute approximate surface area is 163 Å². The first kappa shape index (κ1) is 20.0. The number of rotatable bonds is 2. The summed E-state index contributed by atoms with van der Waals surface area (Å²) in [5.74, 6) is 1.39. The normalized spacial score (nSPS) is 19.6. The maximum atomic E-state index is 13.5. The molecule has 2 aromatic carbocycles. The van der Waals surface area contributed by atoms with Crippen molar-refractivity contribution in [2.75, 3.05) is 0 Å². The van der Waals surface area contributed by atoms with Gasteiger partial charge in [-0.25, -0.2) is 4.57 Å². The van der Waals surface area contributed by atoms with Gasteiger partial charge in [-0.1, -0.05) is 76.9 Å². The van der Waals surface area contributed by atoms with Gasteiger partial charge in [-0.15, -0.1) is 0 Å². The lowest BCUT2D eigenvalue weighted by Gasteiger charge is -2.31. The van der Waals surface area contributed by atoms with Crippen molar-refractivity contribution in [2.45, 2.75) is 72.4 Å². The van der Waals surface area contributed by atoms with Crippen molar-refractivity contribution in [1.82, 2.24) is 0 Å². The highest BCUT2D eigenvalue weighted by Crippen LogP contribution is 2.60. The van der Waals surface area contributed by atoms with Gasteiger partial charge in [0.25, 0.3) is 0 Å². The van der Waals surface area contributed by atoms with Crippen LogP contribution in [0, 0.1) is 13.8 Å². The Morgan fingerprint density at radius 3 is 1.96 bits per heavy atom. The van der Waals surface area contributed by atoms with Crippen LogP contribution in [-0.2, 0) is 21.6 Å². The van der Waals surface area contributed by atoms with Gasteiger partial charge in [0.2, 0.25) is 0 Å². The van der Waals surface area contributed by atoms with Crippen molar-refractivity contribution in [2.24, 2.45) is 0 Å². The van der Waals surface area contributed by atoms with E-state index in [2.05, 4.69) is 60.6 Å². The molecule has 0 saturated heterocycles. The van der Waals surface area contributed by atoms with Crippen LogP contribution in [0.4, 0.5) is 0 Å². The van der Waals surface area contributed by atoms with E-state index in [9.17, 15) is 4.57 Å². The van der Waals surface area contributed by atoms with Crippen LogP contribution in [0.2, 0.25) is 0 Å². The summed E-state index contributed by atoms with van der Waals surface area (Å²) in [5.41, 5.74) is 5.14. The number of hydrogen-bond acceptors (Lipinski definition) is 3. The smallest absolute Gasteiger partial charge is 0.416 e. The Balaban J connectivity index is 2.10. The van der Waals surface area contributed by atoms with Gasteiger partial charge in [0.05, 0.1) is 0 Å². The van der Waals surface area contributed by atoms with E-state index in [1.807, 2.05) is 25.1 Å². The van der Waals surface area contributed by atoms with Gasteiger partial charge in [-0.2, -0.15) is 0 Å². The van der Waals surface area contributed by atoms with Gasteiger partial charge < -0.3 is 9.05 Å². The minimum atomic E-state index is -3.30. The van der Waals surface area contributed by atoms with Crippen LogP contribution in [0.15, 0.2) is 30.3 Å². The molecule has 0 spiro atoms. The van der Waals surface area contributed by atoms with Crippen LogP contribution in [0.1, 0.15) is 69.4 Å². The lowest BCUT2D eigenvalue weighted by atomic mass is 9.78. The molecule has 0 aromatic heterocycles. The highest BCUT2D eigenvalue weighted by Gasteiger charge is 2.40. The second-order valence-electron chi connectivity index (χ2n) is 9.75. The zero-order chi connectivity index (χ0) is 20.2. The summed E-state index contributed by atoms with van der Waals surface area (Å²) >= 11 is 0. The van der Waals surface area contributed by atoms with E-state index in [0.717, 1.165) is 22.3 Å². The number of hydrogen-bond donors (Lipinski definition) is 0. The Morgan fingerprint density at radius 1 is 0.889 bits per heavy atom. The second-order valence-corrected chi connectivity index (χ2v) is 11.7. The maximum Gasteiger partial charge on any atom is 0.435 e. The van der Waals surface area contributed by atoms with E-state index in [0.29, 0.717) is 17.7 Å². The van der Waals surface area contributed by atoms with Crippen LogP contribution in [-0.4, -0.2) is 0 Å². The first-order chi connectivity index (χ1) is 12.3. The predicted octanol–water partition coefficient (Wildman–Crippen LogP) is 7.06. The van der Waals surface area contributed by atoms with Crippen molar-refractivity contribution < 1.29 is 13.6 Å². The van der Waals surface area contributed by atoms with Crippen molar-refractivity contribution >= 4 is 7.60 Å². The fourth-order valence-corrected chi connectivity index (χ4v) is 5.27. The Kier molecular flexibility index (Phi) is 4.75. The fraction of sp³-hybridized carbons (Fsp3) is 0.478. The largest absolute Gasteiger partial charge is 0.435 e. The molecule has 2 aromatic rings. The maximum absolute atomic E-state index is 13.5. The lowest BCUT2D eigenvalue weighted by molar-refractivity contribution is 0.384. The van der Waals surface area contributed by atoms with Crippen LogP contribution in [0.25, 0.3) is 0 Å². The van der Waals surface area contributed by atoms with Gasteiger partial charge in [0, 0.05) is 16.7 Å². The number of aryl methyl sites for hydroxylation is 2. The molecule has 4 heteroatoms. The SMILES string of the molecule is Cc1ccc2c(c1)CP(=O)(Oc1c(C(C)(C)C)cc(C)cc1C(C)(C)C)O2. The van der Waals surface area contributed by atoms with E-state index in [1.165, 1.54) is 5.56 Å². The Morgan fingerprint density at radius 2 is 1.44 bits per heavy atom. The van der Waals surface area contributed by atoms with Crippen molar-refractivity contribution in [3.63, 3.8) is 0 Å². The fourth-order valence-electron chi connectivity index (χ4n) is 3.49. The summed E-state index contributed by atoms with van der Waals surface area (Å²) in [6, 6.07) is 10.2. The summed E-state index contributed by atoms with van der Waals surface area (Å²) in [4.78, 5) is 0. The van der Waals surface area contributed by atoms with Crippen LogP contribution >= 0.6 is 7.60 Å². The van der Waals surface area contributed by atoms with E-state index in [-0.39, 0.29) is 10.8 Å². The molecule has 146 valence electrons. The average molecular weight is 386 g/mol. The minimum Gasteiger partial charge on any atom is -0.416 e. The molecule has 0 amide bonds. The lowest BCUT2D eigenvalue weighted by Crippen LogP contribution is -2.20. The van der Waals surface area contributed by atoms with Gasteiger partial charge >= 0.3 is 7.60 Å². The molecule has 1 unspecified atom stereocenters. The Hall–Kier alpha value is -1.73. The summed E-state index contributed by atoms with van der Waals surface area (Å²) in [5, 5.41) is 0. The minimum absolute atomic E-state index is 0.135. The number of fused-ring (bicyclic) bond motifs is 1. The zero-order valence-corrected chi connectivity index (χ0v) is 18.7. The van der Waals surface area contributed by atoms with Gasteiger partial charge in [-0.3, -0.25) is 0 Å². The third kappa shape index (κ3) is 4.09. The average Bonchev–Trinajstić information content (AvgIpc) is 2.81. The van der Waals surface area contributed by atoms with E-state index in [1.54, 1.807) is 0 Å². The molecule has 1 aliphatic rings. The topological polar surface area (TPSA) is 35.5 Å². The van der Waals surface area contributed by atoms with Gasteiger partial charge in [0.15, 0.2) is 0 Å². The monoisotopic (exact) mass is 386 g/mol. The first-order valence-electron chi connectivity index (χ1n) is 9.52. The summed E-state index contributed by atoms with van der Waals surface area (Å²) in [6.45, 7) is 17.1. The molecule has 1 atom stereocenters. The Bertz CT molecular complexity index is 895. The van der Waals surface area contributed by atoms with Crippen molar-refractivity contribution in [3.05, 3.63) is 58.1 Å². The van der Waals surface area contributed by atoms with Crippen LogP contribution < -0.4 is 9.05 Å². The van der Waals surface area contributed by atoms with Crippen molar-refractivity contribution in [3.8, 4) is 11.5 Å². The highest BCUT2D eigenvalue weighted by molar-refractivity contribution is 7.54.